The summed E-state index contributed by atoms with van der Waals surface area (Å²) in [4.78, 5) is 12.4. The van der Waals surface area contributed by atoms with Crippen LogP contribution in [-0.4, -0.2) is 30.9 Å². The third-order valence-electron chi connectivity index (χ3n) is 3.93. The minimum atomic E-state index is -3.43. The summed E-state index contributed by atoms with van der Waals surface area (Å²) in [6.07, 6.45) is 1.32. The van der Waals surface area contributed by atoms with Gasteiger partial charge in [0.2, 0.25) is 5.91 Å². The van der Waals surface area contributed by atoms with Crippen LogP contribution in [0.25, 0.3) is 0 Å². The number of para-hydroxylation sites is 1. The van der Waals surface area contributed by atoms with Gasteiger partial charge in [-0.25, -0.2) is 8.42 Å². The third kappa shape index (κ3) is 3.27. The Bertz CT molecular complexity index is 648. The summed E-state index contributed by atoms with van der Waals surface area (Å²) in [6.45, 7) is 5.63. The number of carbonyl (C=O) groups is 1. The first kappa shape index (κ1) is 16.8. The number of benzene rings is 1. The second-order valence-corrected chi connectivity index (χ2v) is 8.76. The molecule has 6 heteroatoms. The average molecular weight is 325 g/mol. The highest BCUT2D eigenvalue weighted by Crippen LogP contribution is 2.36. The standard InChI is InChI=1S/C16H23NO4S/c1-4-21-14-8-6-5-7-12(14)11-17-15(18)16(2,3)22(19,20)13-9-10-13/h5-8,13H,4,9-11H2,1-3H3,(H,17,18). The van der Waals surface area contributed by atoms with Crippen molar-refractivity contribution in [1.29, 1.82) is 0 Å². The van der Waals surface area contributed by atoms with Crippen LogP contribution < -0.4 is 10.1 Å². The molecular formula is C16H23NO4S. The van der Waals surface area contributed by atoms with E-state index in [1.807, 2.05) is 31.2 Å². The Kier molecular flexibility index (Phi) is 4.80. The van der Waals surface area contributed by atoms with Crippen molar-refractivity contribution < 1.29 is 17.9 Å². The van der Waals surface area contributed by atoms with E-state index in [9.17, 15) is 13.2 Å². The molecule has 0 aliphatic heterocycles. The molecule has 1 N–H and O–H groups in total. The van der Waals surface area contributed by atoms with Crippen molar-refractivity contribution in [1.82, 2.24) is 5.32 Å². The second kappa shape index (κ2) is 6.28. The number of rotatable bonds is 7. The van der Waals surface area contributed by atoms with Gasteiger partial charge in [-0.3, -0.25) is 4.79 Å². The molecule has 2 rings (SSSR count). The minimum absolute atomic E-state index is 0.249. The molecule has 0 unspecified atom stereocenters. The van der Waals surface area contributed by atoms with Crippen LogP contribution in [0.5, 0.6) is 5.75 Å². The van der Waals surface area contributed by atoms with Gasteiger partial charge in [0, 0.05) is 12.1 Å². The van der Waals surface area contributed by atoms with Gasteiger partial charge < -0.3 is 10.1 Å². The maximum absolute atomic E-state index is 12.4. The number of hydrogen-bond donors (Lipinski definition) is 1. The number of nitrogens with one attached hydrogen (secondary N) is 1. The summed E-state index contributed by atoms with van der Waals surface area (Å²) in [7, 11) is -3.43. The van der Waals surface area contributed by atoms with Crippen LogP contribution >= 0.6 is 0 Å². The molecule has 0 aromatic heterocycles. The van der Waals surface area contributed by atoms with Crippen molar-refractivity contribution in [3.8, 4) is 5.75 Å². The molecule has 1 fully saturated rings. The quantitative estimate of drug-likeness (QED) is 0.833. The van der Waals surface area contributed by atoms with Gasteiger partial charge in [-0.1, -0.05) is 18.2 Å². The Morgan fingerprint density at radius 3 is 2.55 bits per heavy atom. The normalized spacial score (nSPS) is 15.4. The van der Waals surface area contributed by atoms with Crippen LogP contribution in [0.15, 0.2) is 24.3 Å². The monoisotopic (exact) mass is 325 g/mol. The zero-order chi connectivity index (χ0) is 16.4. The van der Waals surface area contributed by atoms with Gasteiger partial charge in [0.05, 0.1) is 11.9 Å². The molecule has 5 nitrogen and oxygen atoms in total. The average Bonchev–Trinajstić information content (AvgIpc) is 3.31. The maximum Gasteiger partial charge on any atom is 0.241 e. The topological polar surface area (TPSA) is 72.5 Å². The molecule has 0 heterocycles. The summed E-state index contributed by atoms with van der Waals surface area (Å²) in [6, 6.07) is 7.40. The molecule has 1 amide bonds. The summed E-state index contributed by atoms with van der Waals surface area (Å²) in [5, 5.41) is 2.37. The number of amides is 1. The minimum Gasteiger partial charge on any atom is -0.494 e. The zero-order valence-corrected chi connectivity index (χ0v) is 14.1. The van der Waals surface area contributed by atoms with Gasteiger partial charge in [-0.2, -0.15) is 0 Å². The smallest absolute Gasteiger partial charge is 0.241 e. The summed E-state index contributed by atoms with van der Waals surface area (Å²) < 4.78 is 28.8. The van der Waals surface area contributed by atoms with Crippen LogP contribution in [0.1, 0.15) is 39.2 Å². The van der Waals surface area contributed by atoms with E-state index >= 15 is 0 Å². The van der Waals surface area contributed by atoms with Gasteiger partial charge in [-0.05, 0) is 39.7 Å². The lowest BCUT2D eigenvalue weighted by molar-refractivity contribution is -0.123. The Hall–Kier alpha value is -1.56. The van der Waals surface area contributed by atoms with E-state index in [2.05, 4.69) is 5.32 Å². The molecule has 22 heavy (non-hydrogen) atoms. The van der Waals surface area contributed by atoms with E-state index in [0.29, 0.717) is 25.2 Å². The van der Waals surface area contributed by atoms with Crippen LogP contribution in [0.2, 0.25) is 0 Å². The molecule has 1 aliphatic carbocycles. The highest BCUT2D eigenvalue weighted by atomic mass is 32.2. The predicted octanol–water partition coefficient (Wildman–Crippen LogP) is 2.06. The first-order chi connectivity index (χ1) is 10.3. The lowest BCUT2D eigenvalue weighted by Crippen LogP contribution is -2.49. The third-order valence-corrected chi connectivity index (χ3v) is 6.89. The Morgan fingerprint density at radius 2 is 1.95 bits per heavy atom. The van der Waals surface area contributed by atoms with Crippen LogP contribution in [0, 0.1) is 0 Å². The van der Waals surface area contributed by atoms with Gasteiger partial charge in [0.1, 0.15) is 10.5 Å². The maximum atomic E-state index is 12.4. The van der Waals surface area contributed by atoms with E-state index in [0.717, 1.165) is 5.56 Å². The highest BCUT2D eigenvalue weighted by molar-refractivity contribution is 7.94. The fourth-order valence-corrected chi connectivity index (χ4v) is 4.18. The lowest BCUT2D eigenvalue weighted by atomic mass is 10.1. The van der Waals surface area contributed by atoms with Gasteiger partial charge >= 0.3 is 0 Å². The Balaban J connectivity index is 2.07. The lowest BCUT2D eigenvalue weighted by Gasteiger charge is -2.24. The summed E-state index contributed by atoms with van der Waals surface area (Å²) >= 11 is 0. The fraction of sp³-hybridized carbons (Fsp3) is 0.562. The van der Waals surface area contributed by atoms with Gasteiger partial charge in [0.25, 0.3) is 0 Å². The number of sulfone groups is 1. The van der Waals surface area contributed by atoms with E-state index in [1.165, 1.54) is 13.8 Å². The fourth-order valence-electron chi connectivity index (χ4n) is 2.26. The molecular weight excluding hydrogens is 302 g/mol. The molecule has 1 aromatic rings. The molecule has 0 atom stereocenters. The molecule has 0 saturated heterocycles. The predicted molar refractivity (Wildman–Crippen MR) is 85.5 cm³/mol. The molecule has 1 aliphatic rings. The SMILES string of the molecule is CCOc1ccccc1CNC(=O)C(C)(C)S(=O)(=O)C1CC1. The zero-order valence-electron chi connectivity index (χ0n) is 13.3. The molecule has 0 spiro atoms. The summed E-state index contributed by atoms with van der Waals surface area (Å²) in [5.41, 5.74) is 0.831. The number of carbonyl (C=O) groups excluding carboxylic acids is 1. The Labute approximate surface area is 132 Å². The van der Waals surface area contributed by atoms with Gasteiger partial charge in [-0.15, -0.1) is 0 Å². The largest absolute Gasteiger partial charge is 0.494 e. The van der Waals surface area contributed by atoms with Crippen molar-refractivity contribution in [2.75, 3.05) is 6.61 Å². The first-order valence-corrected chi connectivity index (χ1v) is 9.07. The Morgan fingerprint density at radius 1 is 1.32 bits per heavy atom. The van der Waals surface area contributed by atoms with E-state index < -0.39 is 20.5 Å². The van der Waals surface area contributed by atoms with Crippen molar-refractivity contribution in [2.45, 2.75) is 50.2 Å². The van der Waals surface area contributed by atoms with E-state index in [-0.39, 0.29) is 11.8 Å². The molecule has 0 radical (unpaired) electrons. The van der Waals surface area contributed by atoms with E-state index in [1.54, 1.807) is 0 Å². The second-order valence-electron chi connectivity index (χ2n) is 5.98. The molecule has 1 saturated carbocycles. The van der Waals surface area contributed by atoms with Crippen LogP contribution in [0.3, 0.4) is 0 Å². The van der Waals surface area contributed by atoms with E-state index in [4.69, 9.17) is 4.74 Å². The summed E-state index contributed by atoms with van der Waals surface area (Å²) in [5.74, 6) is 0.235. The molecule has 122 valence electrons. The van der Waals surface area contributed by atoms with Crippen LogP contribution in [-0.2, 0) is 21.2 Å². The number of hydrogen-bond acceptors (Lipinski definition) is 4. The van der Waals surface area contributed by atoms with Crippen molar-refractivity contribution in [2.24, 2.45) is 0 Å². The first-order valence-electron chi connectivity index (χ1n) is 7.53. The van der Waals surface area contributed by atoms with Crippen molar-refractivity contribution in [3.63, 3.8) is 0 Å². The van der Waals surface area contributed by atoms with Crippen molar-refractivity contribution >= 4 is 15.7 Å². The van der Waals surface area contributed by atoms with Crippen LogP contribution in [0.4, 0.5) is 0 Å². The van der Waals surface area contributed by atoms with Gasteiger partial charge in [0.15, 0.2) is 9.84 Å². The van der Waals surface area contributed by atoms with Crippen molar-refractivity contribution in [3.05, 3.63) is 29.8 Å². The number of ether oxygens (including phenoxy) is 1. The molecule has 0 bridgehead atoms. The molecule has 1 aromatic carbocycles. The highest BCUT2D eigenvalue weighted by Gasteiger charge is 2.50.